The molecule has 1 aromatic carbocycles. The highest BCUT2D eigenvalue weighted by Crippen LogP contribution is 2.21. The third-order valence-electron chi connectivity index (χ3n) is 4.56. The zero-order valence-corrected chi connectivity index (χ0v) is 14.2. The summed E-state index contributed by atoms with van der Waals surface area (Å²) in [6.45, 7) is 9.28. The number of hydrogen-bond acceptors (Lipinski definition) is 3. The van der Waals surface area contributed by atoms with E-state index in [0.29, 0.717) is 12.1 Å². The molecule has 1 fully saturated rings. The number of methoxy groups -OCH3 is 1. The van der Waals surface area contributed by atoms with Crippen molar-refractivity contribution >= 4 is 5.91 Å². The van der Waals surface area contributed by atoms with Crippen LogP contribution in [0.1, 0.15) is 49.0 Å². The smallest absolute Gasteiger partial charge is 0.251 e. The number of likely N-dealkylation sites (tertiary alicyclic amines) is 1. The van der Waals surface area contributed by atoms with Crippen LogP contribution in [0, 0.1) is 6.92 Å². The zero-order valence-electron chi connectivity index (χ0n) is 14.2. The van der Waals surface area contributed by atoms with E-state index in [0.717, 1.165) is 24.4 Å². The van der Waals surface area contributed by atoms with Gasteiger partial charge in [-0.25, -0.2) is 0 Å². The molecule has 122 valence electrons. The van der Waals surface area contributed by atoms with Crippen molar-refractivity contribution in [3.8, 4) is 5.75 Å². The minimum absolute atomic E-state index is 0.00906. The maximum absolute atomic E-state index is 12.4. The Hall–Kier alpha value is -1.55. The fourth-order valence-corrected chi connectivity index (χ4v) is 2.97. The summed E-state index contributed by atoms with van der Waals surface area (Å²) < 4.78 is 5.29. The molecule has 1 heterocycles. The fourth-order valence-electron chi connectivity index (χ4n) is 2.97. The number of rotatable bonds is 5. The normalized spacial score (nSPS) is 16.4. The van der Waals surface area contributed by atoms with E-state index in [4.69, 9.17) is 4.74 Å². The second-order valence-corrected chi connectivity index (χ2v) is 6.73. The van der Waals surface area contributed by atoms with Gasteiger partial charge in [0, 0.05) is 17.6 Å². The van der Waals surface area contributed by atoms with E-state index in [9.17, 15) is 4.79 Å². The third kappa shape index (κ3) is 4.01. The van der Waals surface area contributed by atoms with Gasteiger partial charge in [-0.3, -0.25) is 9.69 Å². The minimum atomic E-state index is -0.0385. The van der Waals surface area contributed by atoms with Gasteiger partial charge in [-0.1, -0.05) is 12.5 Å². The van der Waals surface area contributed by atoms with Crippen LogP contribution in [0.25, 0.3) is 0 Å². The summed E-state index contributed by atoms with van der Waals surface area (Å²) in [6.07, 6.45) is 3.83. The van der Waals surface area contributed by atoms with Gasteiger partial charge in [-0.15, -0.1) is 0 Å². The molecule has 0 aromatic heterocycles. The Balaban J connectivity index is 1.96. The second kappa shape index (κ2) is 7.14. The largest absolute Gasteiger partial charge is 0.496 e. The van der Waals surface area contributed by atoms with E-state index in [2.05, 4.69) is 24.1 Å². The molecule has 2 rings (SSSR count). The van der Waals surface area contributed by atoms with E-state index in [1.165, 1.54) is 19.3 Å². The van der Waals surface area contributed by atoms with Gasteiger partial charge < -0.3 is 10.1 Å². The van der Waals surface area contributed by atoms with Gasteiger partial charge in [0.1, 0.15) is 5.75 Å². The Morgan fingerprint density at radius 3 is 2.59 bits per heavy atom. The number of carbonyl (C=O) groups is 1. The molecule has 0 saturated carbocycles. The van der Waals surface area contributed by atoms with Crippen molar-refractivity contribution < 1.29 is 9.53 Å². The van der Waals surface area contributed by atoms with E-state index < -0.39 is 0 Å². The number of hydrogen-bond donors (Lipinski definition) is 1. The van der Waals surface area contributed by atoms with Crippen molar-refractivity contribution in [1.29, 1.82) is 0 Å². The molecule has 1 aromatic rings. The molecular formula is C18H28N2O2. The summed E-state index contributed by atoms with van der Waals surface area (Å²) in [5, 5.41) is 3.07. The molecule has 1 aliphatic heterocycles. The zero-order chi connectivity index (χ0) is 16.2. The molecule has 0 atom stereocenters. The minimum Gasteiger partial charge on any atom is -0.496 e. The summed E-state index contributed by atoms with van der Waals surface area (Å²) in [6, 6.07) is 5.57. The molecule has 1 aliphatic rings. The molecular weight excluding hydrogens is 276 g/mol. The number of amides is 1. The molecule has 0 spiro atoms. The quantitative estimate of drug-likeness (QED) is 0.909. The summed E-state index contributed by atoms with van der Waals surface area (Å²) >= 11 is 0. The van der Waals surface area contributed by atoms with Gasteiger partial charge in [0.15, 0.2) is 0 Å². The lowest BCUT2D eigenvalue weighted by Crippen LogP contribution is -2.53. The van der Waals surface area contributed by atoms with Gasteiger partial charge >= 0.3 is 0 Å². The predicted molar refractivity (Wildman–Crippen MR) is 89.6 cm³/mol. The Kier molecular flexibility index (Phi) is 5.46. The van der Waals surface area contributed by atoms with E-state index >= 15 is 0 Å². The number of benzene rings is 1. The topological polar surface area (TPSA) is 41.6 Å². The van der Waals surface area contributed by atoms with Crippen LogP contribution in [0.2, 0.25) is 0 Å². The highest BCUT2D eigenvalue weighted by Gasteiger charge is 2.28. The molecule has 1 saturated heterocycles. The first kappa shape index (κ1) is 16.8. The molecule has 22 heavy (non-hydrogen) atoms. The van der Waals surface area contributed by atoms with Gasteiger partial charge in [0.25, 0.3) is 5.91 Å². The average molecular weight is 304 g/mol. The van der Waals surface area contributed by atoms with Crippen LogP contribution in [-0.2, 0) is 0 Å². The lowest BCUT2D eigenvalue weighted by atomic mass is 9.98. The second-order valence-electron chi connectivity index (χ2n) is 6.73. The summed E-state index contributed by atoms with van der Waals surface area (Å²) in [5.74, 6) is 0.714. The standard InChI is InChI=1S/C18H28N2O2/c1-14-8-9-15(12-16(14)22-4)17(21)19-13-18(2,3)20-10-6-5-7-11-20/h8-9,12H,5-7,10-11,13H2,1-4H3,(H,19,21). The number of carbonyl (C=O) groups excluding carboxylic acids is 1. The summed E-state index contributed by atoms with van der Waals surface area (Å²) in [4.78, 5) is 14.8. The van der Waals surface area contributed by atoms with E-state index in [-0.39, 0.29) is 11.4 Å². The maximum Gasteiger partial charge on any atom is 0.251 e. The summed E-state index contributed by atoms with van der Waals surface area (Å²) in [7, 11) is 1.63. The number of piperidine rings is 1. The van der Waals surface area contributed by atoms with E-state index in [1.54, 1.807) is 13.2 Å². The fraction of sp³-hybridized carbons (Fsp3) is 0.611. The number of nitrogens with zero attached hydrogens (tertiary/aromatic N) is 1. The average Bonchev–Trinajstić information content (AvgIpc) is 2.54. The molecule has 4 nitrogen and oxygen atoms in total. The highest BCUT2D eigenvalue weighted by molar-refractivity contribution is 5.94. The first-order chi connectivity index (χ1) is 10.4. The first-order valence-corrected chi connectivity index (χ1v) is 8.12. The predicted octanol–water partition coefficient (Wildman–Crippen LogP) is 3.00. The van der Waals surface area contributed by atoms with Crippen LogP contribution < -0.4 is 10.1 Å². The molecule has 0 bridgehead atoms. The van der Waals surface area contributed by atoms with Gasteiger partial charge in [-0.2, -0.15) is 0 Å². The Morgan fingerprint density at radius 1 is 1.27 bits per heavy atom. The first-order valence-electron chi connectivity index (χ1n) is 8.12. The lowest BCUT2D eigenvalue weighted by molar-refractivity contribution is 0.0797. The van der Waals surface area contributed by atoms with E-state index in [1.807, 2.05) is 19.1 Å². The molecule has 0 unspecified atom stereocenters. The Bertz CT molecular complexity index is 520. The van der Waals surface area contributed by atoms with Crippen LogP contribution >= 0.6 is 0 Å². The van der Waals surface area contributed by atoms with Crippen LogP contribution in [0.4, 0.5) is 0 Å². The van der Waals surface area contributed by atoms with Gasteiger partial charge in [0.05, 0.1) is 7.11 Å². The van der Waals surface area contributed by atoms with Crippen LogP contribution in [0.15, 0.2) is 18.2 Å². The van der Waals surface area contributed by atoms with Crippen molar-refractivity contribution in [3.05, 3.63) is 29.3 Å². The number of aryl methyl sites for hydroxylation is 1. The van der Waals surface area contributed by atoms with Gasteiger partial charge in [0.2, 0.25) is 0 Å². The monoisotopic (exact) mass is 304 g/mol. The van der Waals surface area contributed by atoms with Crippen LogP contribution in [0.3, 0.4) is 0 Å². The summed E-state index contributed by atoms with van der Waals surface area (Å²) in [5.41, 5.74) is 1.68. The Labute approximate surface area is 133 Å². The van der Waals surface area contributed by atoms with Crippen LogP contribution in [0.5, 0.6) is 5.75 Å². The van der Waals surface area contributed by atoms with Crippen LogP contribution in [-0.4, -0.2) is 43.1 Å². The lowest BCUT2D eigenvalue weighted by Gasteiger charge is -2.41. The Morgan fingerprint density at radius 2 is 1.95 bits per heavy atom. The highest BCUT2D eigenvalue weighted by atomic mass is 16.5. The maximum atomic E-state index is 12.4. The van der Waals surface area contributed by atoms with Crippen molar-refractivity contribution in [3.63, 3.8) is 0 Å². The molecule has 4 heteroatoms. The number of ether oxygens (including phenoxy) is 1. The van der Waals surface area contributed by atoms with Crippen molar-refractivity contribution in [2.24, 2.45) is 0 Å². The van der Waals surface area contributed by atoms with Crippen molar-refractivity contribution in [2.45, 2.75) is 45.6 Å². The molecule has 0 aliphatic carbocycles. The molecule has 1 amide bonds. The van der Waals surface area contributed by atoms with Crippen molar-refractivity contribution in [1.82, 2.24) is 10.2 Å². The van der Waals surface area contributed by atoms with Crippen molar-refractivity contribution in [2.75, 3.05) is 26.7 Å². The van der Waals surface area contributed by atoms with Gasteiger partial charge in [-0.05, 0) is 64.4 Å². The number of nitrogens with one attached hydrogen (secondary N) is 1. The SMILES string of the molecule is COc1cc(C(=O)NCC(C)(C)N2CCCCC2)ccc1C. The third-order valence-corrected chi connectivity index (χ3v) is 4.56. The molecule has 1 N–H and O–H groups in total. The molecule has 0 radical (unpaired) electrons.